The molecule has 2 atom stereocenters. The number of nitrogens with zero attached hydrogens (tertiary/aromatic N) is 4. The summed E-state index contributed by atoms with van der Waals surface area (Å²) in [5, 5.41) is 33.0. The minimum Gasteiger partial charge on any atom is -0.365 e. The first kappa shape index (κ1) is 31.9. The lowest BCUT2D eigenvalue weighted by Gasteiger charge is -2.37. The minimum atomic E-state index is -2.37. The lowest BCUT2D eigenvalue weighted by molar-refractivity contribution is -0.161. The molecule has 2 N–H and O–H groups in total. The molecule has 2 heterocycles. The maximum atomic E-state index is 13.2. The molecule has 2 aromatic rings. The molecule has 0 saturated carbocycles. The highest BCUT2D eigenvalue weighted by molar-refractivity contribution is 6.69. The number of alkyl halides is 6. The average molecular weight is 710 g/mol. The van der Waals surface area contributed by atoms with Crippen molar-refractivity contribution in [2.45, 2.75) is 44.7 Å². The van der Waals surface area contributed by atoms with Crippen LogP contribution >= 0.6 is 92.8 Å². The summed E-state index contributed by atoms with van der Waals surface area (Å²) in [6.45, 7) is 0. The molecule has 0 bridgehead atoms. The Kier molecular flexibility index (Phi) is 9.22. The molecular formula is C24H18Cl8N4O4. The fraction of sp³-hybridized carbons (Fsp3) is 0.333. The molecular weight excluding hydrogens is 692 g/mol. The van der Waals surface area contributed by atoms with Crippen LogP contribution in [0.5, 0.6) is 0 Å². The van der Waals surface area contributed by atoms with E-state index in [1.54, 1.807) is 48.5 Å². The van der Waals surface area contributed by atoms with E-state index in [4.69, 9.17) is 92.8 Å². The predicted octanol–water partition coefficient (Wildman–Crippen LogP) is 6.46. The van der Waals surface area contributed by atoms with E-state index in [2.05, 4.69) is 10.2 Å². The van der Waals surface area contributed by atoms with Crippen molar-refractivity contribution in [2.75, 3.05) is 0 Å². The van der Waals surface area contributed by atoms with Crippen molar-refractivity contribution in [2.24, 2.45) is 10.2 Å². The van der Waals surface area contributed by atoms with E-state index in [1.165, 1.54) is 0 Å². The van der Waals surface area contributed by atoms with Crippen LogP contribution in [0.1, 0.15) is 36.8 Å². The largest absolute Gasteiger partial charge is 0.365 e. The third kappa shape index (κ3) is 6.18. The Balaban J connectivity index is 1.57. The number of benzene rings is 2. The predicted molar refractivity (Wildman–Crippen MR) is 159 cm³/mol. The summed E-state index contributed by atoms with van der Waals surface area (Å²) in [5.41, 5.74) is -3.19. The first-order valence-corrected chi connectivity index (χ1v) is 14.4. The zero-order chi connectivity index (χ0) is 29.7. The van der Waals surface area contributed by atoms with Gasteiger partial charge in [0.15, 0.2) is 0 Å². The van der Waals surface area contributed by atoms with E-state index < -0.39 is 43.7 Å². The Morgan fingerprint density at radius 2 is 0.975 bits per heavy atom. The molecule has 8 nitrogen and oxygen atoms in total. The Bertz CT molecular complexity index is 1270. The molecule has 2 amide bonds. The van der Waals surface area contributed by atoms with Crippen LogP contribution in [0, 0.1) is 0 Å². The number of hydrogen-bond acceptors (Lipinski definition) is 6. The molecule has 40 heavy (non-hydrogen) atoms. The van der Waals surface area contributed by atoms with Crippen molar-refractivity contribution < 1.29 is 19.8 Å². The van der Waals surface area contributed by atoms with Gasteiger partial charge >= 0.3 is 0 Å². The van der Waals surface area contributed by atoms with E-state index in [1.807, 2.05) is 0 Å². The molecule has 0 radical (unpaired) electrons. The van der Waals surface area contributed by atoms with Gasteiger partial charge in [-0.15, -0.1) is 0 Å². The quantitative estimate of drug-likeness (QED) is 0.348. The lowest BCUT2D eigenvalue weighted by atomic mass is 10.0. The lowest BCUT2D eigenvalue weighted by Crippen LogP contribution is -2.56. The highest BCUT2D eigenvalue weighted by Gasteiger charge is 2.59. The molecule has 0 aliphatic carbocycles. The van der Waals surface area contributed by atoms with Gasteiger partial charge in [0.25, 0.3) is 0 Å². The molecule has 0 saturated heterocycles. The fourth-order valence-electron chi connectivity index (χ4n) is 4.09. The van der Waals surface area contributed by atoms with Crippen molar-refractivity contribution in [3.05, 3.63) is 69.7 Å². The smallest absolute Gasteiger partial charge is 0.246 e. The van der Waals surface area contributed by atoms with Crippen LogP contribution in [0.4, 0.5) is 0 Å². The molecule has 2 aromatic carbocycles. The number of aliphatic hydroxyl groups is 2. The summed E-state index contributed by atoms with van der Waals surface area (Å²) in [4.78, 5) is 26.5. The van der Waals surface area contributed by atoms with Gasteiger partial charge in [0.05, 0.1) is 11.4 Å². The second kappa shape index (κ2) is 11.6. The number of halogens is 8. The van der Waals surface area contributed by atoms with Crippen molar-refractivity contribution >= 4 is 116 Å². The summed E-state index contributed by atoms with van der Waals surface area (Å²) in [6.07, 6.45) is -1.70. The Labute approximate surface area is 268 Å². The molecule has 4 rings (SSSR count). The number of carbonyl (C=O) groups is 2. The number of carbonyl (C=O) groups excluding carboxylic acids is 2. The van der Waals surface area contributed by atoms with Crippen molar-refractivity contribution in [3.8, 4) is 0 Å². The van der Waals surface area contributed by atoms with Crippen LogP contribution in [0.2, 0.25) is 10.0 Å². The van der Waals surface area contributed by atoms with Gasteiger partial charge in [-0.25, -0.2) is 0 Å². The molecule has 0 fully saturated rings. The minimum absolute atomic E-state index is 0.243. The molecule has 0 aromatic heterocycles. The molecule has 2 aliphatic rings. The van der Waals surface area contributed by atoms with E-state index >= 15 is 0 Å². The van der Waals surface area contributed by atoms with Crippen LogP contribution < -0.4 is 0 Å². The summed E-state index contributed by atoms with van der Waals surface area (Å²) in [6, 6.07) is 12.9. The van der Waals surface area contributed by atoms with Gasteiger partial charge < -0.3 is 10.2 Å². The van der Waals surface area contributed by atoms with Crippen molar-refractivity contribution in [3.63, 3.8) is 0 Å². The van der Waals surface area contributed by atoms with E-state index in [0.717, 1.165) is 0 Å². The van der Waals surface area contributed by atoms with Gasteiger partial charge in [0, 0.05) is 35.7 Å². The van der Waals surface area contributed by atoms with Crippen LogP contribution in [0.3, 0.4) is 0 Å². The highest BCUT2D eigenvalue weighted by atomic mass is 35.6. The molecule has 2 unspecified atom stereocenters. The number of hydrazone groups is 2. The maximum Gasteiger partial charge on any atom is 0.246 e. The number of hydrogen-bond donors (Lipinski definition) is 2. The van der Waals surface area contributed by atoms with E-state index in [9.17, 15) is 19.8 Å². The fourth-order valence-corrected chi connectivity index (χ4v) is 5.22. The third-order valence-electron chi connectivity index (χ3n) is 6.26. The summed E-state index contributed by atoms with van der Waals surface area (Å²) >= 11 is 48.2. The Morgan fingerprint density at radius 1 is 0.675 bits per heavy atom. The van der Waals surface area contributed by atoms with Crippen LogP contribution in [0.25, 0.3) is 0 Å². The molecule has 2 aliphatic heterocycles. The van der Waals surface area contributed by atoms with Gasteiger partial charge in [0.1, 0.15) is 0 Å². The Morgan fingerprint density at radius 3 is 1.25 bits per heavy atom. The SMILES string of the molecule is O=C(CCC(=O)N1N=C(c2ccc(Cl)cc2)CC1(O)C(Cl)(Cl)Cl)N1N=C(c2ccc(Cl)cc2)CC1(O)C(Cl)(Cl)Cl. The van der Waals surface area contributed by atoms with E-state index in [-0.39, 0.29) is 24.3 Å². The van der Waals surface area contributed by atoms with Crippen LogP contribution in [-0.2, 0) is 9.59 Å². The monoisotopic (exact) mass is 706 g/mol. The number of rotatable bonds is 5. The number of amides is 2. The topological polar surface area (TPSA) is 106 Å². The van der Waals surface area contributed by atoms with Crippen molar-refractivity contribution in [1.29, 1.82) is 0 Å². The first-order chi connectivity index (χ1) is 18.5. The van der Waals surface area contributed by atoms with Crippen LogP contribution in [-0.4, -0.2) is 62.5 Å². The average Bonchev–Trinajstić information content (AvgIpc) is 3.42. The van der Waals surface area contributed by atoms with Gasteiger partial charge in [-0.2, -0.15) is 20.2 Å². The molecule has 214 valence electrons. The second-order valence-electron chi connectivity index (χ2n) is 9.00. The zero-order valence-corrected chi connectivity index (χ0v) is 26.0. The Hall–Kier alpha value is -1.04. The summed E-state index contributed by atoms with van der Waals surface area (Å²) in [7, 11) is 0. The van der Waals surface area contributed by atoms with Gasteiger partial charge in [-0.05, 0) is 35.4 Å². The highest BCUT2D eigenvalue weighted by Crippen LogP contribution is 2.48. The standard InChI is InChI=1S/C24H18Cl8N4O4/c25-15-5-1-13(2-6-15)17-11-21(39,23(27,28)29)35(33-17)19(37)9-10-20(38)36-22(40,24(30,31)32)12-18(34-36)14-3-7-16(26)8-4-14/h1-8,39-40H,9-12H2. The van der Waals surface area contributed by atoms with Gasteiger partial charge in [-0.1, -0.05) is 117 Å². The molecule has 16 heteroatoms. The zero-order valence-electron chi connectivity index (χ0n) is 20.0. The second-order valence-corrected chi connectivity index (χ2v) is 14.4. The summed E-state index contributed by atoms with van der Waals surface area (Å²) < 4.78 is -4.74. The van der Waals surface area contributed by atoms with Crippen molar-refractivity contribution in [1.82, 2.24) is 10.0 Å². The molecule has 0 spiro atoms. The van der Waals surface area contributed by atoms with Crippen LogP contribution in [0.15, 0.2) is 58.7 Å². The third-order valence-corrected chi connectivity index (χ3v) is 8.58. The maximum absolute atomic E-state index is 13.2. The summed E-state index contributed by atoms with van der Waals surface area (Å²) in [5.74, 6) is -1.71. The van der Waals surface area contributed by atoms with Gasteiger partial charge in [-0.3, -0.25) is 9.59 Å². The normalized spacial score (nSPS) is 23.4. The van der Waals surface area contributed by atoms with Gasteiger partial charge in [0.2, 0.25) is 30.8 Å². The van der Waals surface area contributed by atoms with E-state index in [0.29, 0.717) is 31.2 Å². The first-order valence-electron chi connectivity index (χ1n) is 11.4.